The van der Waals surface area contributed by atoms with E-state index in [-0.39, 0.29) is 24.0 Å². The van der Waals surface area contributed by atoms with E-state index in [9.17, 15) is 0 Å². The number of anilines is 1. The molecule has 3 N–H and O–H groups in total. The molecular weight excluding hydrogens is 363 g/mol. The summed E-state index contributed by atoms with van der Waals surface area (Å²) in [7, 11) is 0. The van der Waals surface area contributed by atoms with Crippen molar-refractivity contribution < 1.29 is 0 Å². The van der Waals surface area contributed by atoms with Gasteiger partial charge in [-0.2, -0.15) is 0 Å². The lowest BCUT2D eigenvalue weighted by molar-refractivity contribution is 0.336. The molecule has 0 unspecified atom stereocenters. The highest BCUT2D eigenvalue weighted by Crippen LogP contribution is 2.09. The molecule has 1 heterocycles. The van der Waals surface area contributed by atoms with E-state index in [4.69, 9.17) is 5.73 Å². The molecule has 1 aromatic rings. The first-order valence-electron chi connectivity index (χ1n) is 7.10. The zero-order chi connectivity index (χ0) is 13.5. The zero-order valence-corrected chi connectivity index (χ0v) is 14.5. The lowest BCUT2D eigenvalue weighted by Gasteiger charge is -2.13. The Labute approximate surface area is 138 Å². The van der Waals surface area contributed by atoms with Crippen LogP contribution in [0.2, 0.25) is 0 Å². The van der Waals surface area contributed by atoms with Crippen molar-refractivity contribution in [3.63, 3.8) is 0 Å². The Kier molecular flexibility index (Phi) is 7.91. The number of halogens is 1. The number of benzene rings is 1. The van der Waals surface area contributed by atoms with E-state index in [1.807, 2.05) is 12.1 Å². The quantitative estimate of drug-likeness (QED) is 0.353. The fourth-order valence-corrected chi connectivity index (χ4v) is 2.41. The van der Waals surface area contributed by atoms with E-state index < -0.39 is 0 Å². The number of aliphatic imine (C=N–C) groups is 1. The molecule has 0 radical (unpaired) electrons. The second-order valence-corrected chi connectivity index (χ2v) is 5.16. The second kappa shape index (κ2) is 9.18. The largest absolute Gasteiger partial charge is 0.370 e. The monoisotopic (exact) mass is 388 g/mol. The molecule has 1 aliphatic heterocycles. The highest BCUT2D eigenvalue weighted by molar-refractivity contribution is 14.0. The first kappa shape index (κ1) is 17.2. The number of aryl methyl sites for hydroxylation is 1. The third-order valence-corrected chi connectivity index (χ3v) is 3.40. The molecule has 1 saturated heterocycles. The van der Waals surface area contributed by atoms with E-state index in [0.29, 0.717) is 5.96 Å². The van der Waals surface area contributed by atoms with Crippen LogP contribution in [0.25, 0.3) is 0 Å². The first-order chi connectivity index (χ1) is 9.24. The van der Waals surface area contributed by atoms with Crippen LogP contribution < -0.4 is 11.1 Å². The fourth-order valence-electron chi connectivity index (χ4n) is 2.41. The minimum absolute atomic E-state index is 0. The molecule has 2 rings (SSSR count). The number of guanidine groups is 1. The van der Waals surface area contributed by atoms with Crippen LogP contribution in [0.3, 0.4) is 0 Å². The Hall–Kier alpha value is -0.820. The van der Waals surface area contributed by atoms with Gasteiger partial charge in [0.25, 0.3) is 0 Å². The number of rotatable bonds is 5. The standard InChI is InChI=1S/C15H24N4.HI/c1-13-6-4-7-14(12-13)18-15(16)17-8-5-11-19-9-2-3-10-19;/h4,6-7,12H,2-3,5,8-11H2,1H3,(H3,16,17,18);1H. The Balaban J connectivity index is 0.00000200. The summed E-state index contributed by atoms with van der Waals surface area (Å²) in [6.07, 6.45) is 3.77. The van der Waals surface area contributed by atoms with Gasteiger partial charge < -0.3 is 16.0 Å². The normalized spacial score (nSPS) is 15.9. The van der Waals surface area contributed by atoms with Gasteiger partial charge in [0.15, 0.2) is 5.96 Å². The van der Waals surface area contributed by atoms with Crippen molar-refractivity contribution in [1.82, 2.24) is 4.90 Å². The maximum Gasteiger partial charge on any atom is 0.193 e. The number of nitrogens with zero attached hydrogens (tertiary/aromatic N) is 2. The molecular formula is C15H25IN4. The molecule has 1 fully saturated rings. The summed E-state index contributed by atoms with van der Waals surface area (Å²) in [5.41, 5.74) is 8.09. The molecule has 0 saturated carbocycles. The van der Waals surface area contributed by atoms with Gasteiger partial charge in [-0.1, -0.05) is 12.1 Å². The minimum atomic E-state index is 0. The Bertz CT molecular complexity index is 428. The van der Waals surface area contributed by atoms with E-state index >= 15 is 0 Å². The highest BCUT2D eigenvalue weighted by Gasteiger charge is 2.09. The zero-order valence-electron chi connectivity index (χ0n) is 12.1. The number of nitrogens with two attached hydrogens (primary N) is 1. The third kappa shape index (κ3) is 6.09. The van der Waals surface area contributed by atoms with Gasteiger partial charge in [0.05, 0.1) is 0 Å². The summed E-state index contributed by atoms with van der Waals surface area (Å²) in [5.74, 6) is 0.507. The minimum Gasteiger partial charge on any atom is -0.370 e. The number of likely N-dealkylation sites (tertiary alicyclic amines) is 1. The number of hydrogen-bond donors (Lipinski definition) is 2. The Morgan fingerprint density at radius 2 is 2.10 bits per heavy atom. The van der Waals surface area contributed by atoms with Gasteiger partial charge in [0, 0.05) is 12.2 Å². The van der Waals surface area contributed by atoms with Crippen LogP contribution in [0.15, 0.2) is 29.3 Å². The van der Waals surface area contributed by atoms with E-state index in [0.717, 1.165) is 25.2 Å². The van der Waals surface area contributed by atoms with Crippen molar-refractivity contribution in [3.8, 4) is 0 Å². The second-order valence-electron chi connectivity index (χ2n) is 5.16. The summed E-state index contributed by atoms with van der Waals surface area (Å²) in [6.45, 7) is 6.50. The molecule has 20 heavy (non-hydrogen) atoms. The van der Waals surface area contributed by atoms with Gasteiger partial charge in [0.2, 0.25) is 0 Å². The Morgan fingerprint density at radius 1 is 1.35 bits per heavy atom. The lowest BCUT2D eigenvalue weighted by atomic mass is 10.2. The van der Waals surface area contributed by atoms with Crippen molar-refractivity contribution in [3.05, 3.63) is 29.8 Å². The number of hydrogen-bond acceptors (Lipinski definition) is 2. The van der Waals surface area contributed by atoms with Crippen LogP contribution in [0.5, 0.6) is 0 Å². The summed E-state index contributed by atoms with van der Waals surface area (Å²) in [6, 6.07) is 8.14. The van der Waals surface area contributed by atoms with Crippen LogP contribution in [-0.4, -0.2) is 37.0 Å². The maximum absolute atomic E-state index is 5.88. The molecule has 5 heteroatoms. The van der Waals surface area contributed by atoms with Crippen LogP contribution in [0.1, 0.15) is 24.8 Å². The van der Waals surface area contributed by atoms with E-state index in [1.54, 1.807) is 0 Å². The van der Waals surface area contributed by atoms with E-state index in [2.05, 4.69) is 34.3 Å². The van der Waals surface area contributed by atoms with Crippen LogP contribution in [0, 0.1) is 6.92 Å². The molecule has 4 nitrogen and oxygen atoms in total. The van der Waals surface area contributed by atoms with Crippen LogP contribution >= 0.6 is 24.0 Å². The predicted octanol–water partition coefficient (Wildman–Crippen LogP) is 2.83. The Morgan fingerprint density at radius 3 is 2.80 bits per heavy atom. The smallest absolute Gasteiger partial charge is 0.193 e. The molecule has 1 aromatic carbocycles. The topological polar surface area (TPSA) is 53.6 Å². The van der Waals surface area contributed by atoms with Gasteiger partial charge in [-0.05, 0) is 63.5 Å². The summed E-state index contributed by atoms with van der Waals surface area (Å²) in [5, 5.41) is 3.13. The predicted molar refractivity (Wildman–Crippen MR) is 97.0 cm³/mol. The molecule has 0 spiro atoms. The van der Waals surface area contributed by atoms with Gasteiger partial charge in [-0.15, -0.1) is 24.0 Å². The average molecular weight is 388 g/mol. The summed E-state index contributed by atoms with van der Waals surface area (Å²) < 4.78 is 0. The van der Waals surface area contributed by atoms with Crippen LogP contribution in [-0.2, 0) is 0 Å². The fraction of sp³-hybridized carbons (Fsp3) is 0.533. The van der Waals surface area contributed by atoms with Crippen LogP contribution in [0.4, 0.5) is 5.69 Å². The van der Waals surface area contributed by atoms with Gasteiger partial charge in [0.1, 0.15) is 0 Å². The molecule has 0 amide bonds. The SMILES string of the molecule is Cc1cccc(NC(N)=NCCCN2CCCC2)c1.I. The highest BCUT2D eigenvalue weighted by atomic mass is 127. The summed E-state index contributed by atoms with van der Waals surface area (Å²) >= 11 is 0. The molecule has 0 atom stereocenters. The van der Waals surface area contributed by atoms with E-state index in [1.165, 1.54) is 31.5 Å². The molecule has 1 aliphatic rings. The number of nitrogens with one attached hydrogen (secondary N) is 1. The average Bonchev–Trinajstić information content (AvgIpc) is 2.88. The van der Waals surface area contributed by atoms with Gasteiger partial charge >= 0.3 is 0 Å². The molecule has 112 valence electrons. The van der Waals surface area contributed by atoms with Gasteiger partial charge in [-0.25, -0.2) is 0 Å². The van der Waals surface area contributed by atoms with Crippen molar-refractivity contribution in [2.45, 2.75) is 26.2 Å². The lowest BCUT2D eigenvalue weighted by Crippen LogP contribution is -2.24. The maximum atomic E-state index is 5.88. The summed E-state index contributed by atoms with van der Waals surface area (Å²) in [4.78, 5) is 6.87. The third-order valence-electron chi connectivity index (χ3n) is 3.40. The van der Waals surface area contributed by atoms with Gasteiger partial charge in [-0.3, -0.25) is 4.99 Å². The molecule has 0 aliphatic carbocycles. The van der Waals surface area contributed by atoms with Crippen molar-refractivity contribution in [2.75, 3.05) is 31.5 Å². The molecule has 0 bridgehead atoms. The van der Waals surface area contributed by atoms with Crippen molar-refractivity contribution in [2.24, 2.45) is 10.7 Å². The first-order valence-corrected chi connectivity index (χ1v) is 7.10. The molecule has 0 aromatic heterocycles. The van der Waals surface area contributed by atoms with Crippen molar-refractivity contribution >= 4 is 35.6 Å². The van der Waals surface area contributed by atoms with Crippen molar-refractivity contribution in [1.29, 1.82) is 0 Å².